The van der Waals surface area contributed by atoms with Gasteiger partial charge < -0.3 is 5.32 Å². The van der Waals surface area contributed by atoms with Gasteiger partial charge in [0.25, 0.3) is 0 Å². The summed E-state index contributed by atoms with van der Waals surface area (Å²) in [5, 5.41) is 2.87. The summed E-state index contributed by atoms with van der Waals surface area (Å²) in [5.74, 6) is -0.373. The molecule has 90 valence electrons. The van der Waals surface area contributed by atoms with E-state index in [4.69, 9.17) is 11.6 Å². The van der Waals surface area contributed by atoms with Crippen molar-refractivity contribution in [3.8, 4) is 0 Å². The van der Waals surface area contributed by atoms with Crippen molar-refractivity contribution in [2.24, 2.45) is 0 Å². The predicted molar refractivity (Wildman–Crippen MR) is 64.2 cm³/mol. The molecule has 0 radical (unpaired) electrons. The Bertz CT molecular complexity index is 462. The monoisotopic (exact) mass is 265 g/mol. The third-order valence-electron chi connectivity index (χ3n) is 2.10. The van der Waals surface area contributed by atoms with E-state index in [1.807, 2.05) is 0 Å². The van der Waals surface area contributed by atoms with Gasteiger partial charge in [-0.25, -0.2) is 12.8 Å². The van der Waals surface area contributed by atoms with Gasteiger partial charge in [-0.05, 0) is 18.2 Å². The van der Waals surface area contributed by atoms with Crippen LogP contribution in [0.4, 0.5) is 10.1 Å². The molecule has 1 rings (SSSR count). The van der Waals surface area contributed by atoms with E-state index >= 15 is 0 Å². The number of sulfone groups is 1. The van der Waals surface area contributed by atoms with Gasteiger partial charge in [0, 0.05) is 18.0 Å². The van der Waals surface area contributed by atoms with Gasteiger partial charge >= 0.3 is 0 Å². The second kappa shape index (κ2) is 5.50. The Morgan fingerprint density at radius 1 is 1.44 bits per heavy atom. The molecule has 0 saturated carbocycles. The zero-order chi connectivity index (χ0) is 12.2. The van der Waals surface area contributed by atoms with Crippen LogP contribution in [0.2, 0.25) is 5.02 Å². The minimum atomic E-state index is -2.99. The van der Waals surface area contributed by atoms with Crippen LogP contribution in [0.3, 0.4) is 0 Å². The normalized spacial score (nSPS) is 11.4. The maximum Gasteiger partial charge on any atom is 0.151 e. The molecule has 0 unspecified atom stereocenters. The zero-order valence-corrected chi connectivity index (χ0v) is 10.4. The SMILES string of the molecule is CCS(=O)(=O)CCNc1ccc(Cl)c(F)c1. The zero-order valence-electron chi connectivity index (χ0n) is 8.83. The van der Waals surface area contributed by atoms with Crippen LogP contribution in [0.1, 0.15) is 6.92 Å². The third-order valence-corrected chi connectivity index (χ3v) is 4.11. The third kappa shape index (κ3) is 3.98. The Labute approximate surface area is 99.5 Å². The topological polar surface area (TPSA) is 46.2 Å². The van der Waals surface area contributed by atoms with E-state index in [0.717, 1.165) is 0 Å². The van der Waals surface area contributed by atoms with Crippen LogP contribution in [0.25, 0.3) is 0 Å². The first-order chi connectivity index (χ1) is 7.44. The summed E-state index contributed by atoms with van der Waals surface area (Å²) in [5.41, 5.74) is 0.521. The second-order valence-corrected chi connectivity index (χ2v) is 6.17. The first-order valence-corrected chi connectivity index (χ1v) is 7.04. The average molecular weight is 266 g/mol. The Morgan fingerprint density at radius 2 is 2.12 bits per heavy atom. The summed E-state index contributed by atoms with van der Waals surface area (Å²) >= 11 is 5.51. The van der Waals surface area contributed by atoms with Crippen molar-refractivity contribution in [2.75, 3.05) is 23.4 Å². The van der Waals surface area contributed by atoms with Gasteiger partial charge in [0.1, 0.15) is 5.82 Å². The van der Waals surface area contributed by atoms with Crippen molar-refractivity contribution >= 4 is 27.1 Å². The molecule has 1 aromatic carbocycles. The lowest BCUT2D eigenvalue weighted by Gasteiger charge is -2.06. The molecule has 6 heteroatoms. The number of benzene rings is 1. The smallest absolute Gasteiger partial charge is 0.151 e. The van der Waals surface area contributed by atoms with Gasteiger partial charge in [-0.3, -0.25) is 0 Å². The highest BCUT2D eigenvalue weighted by molar-refractivity contribution is 7.91. The standard InChI is InChI=1S/C10H13ClFNO2S/c1-2-16(14,15)6-5-13-8-3-4-9(11)10(12)7-8/h3-4,7,13H,2,5-6H2,1H3. The van der Waals surface area contributed by atoms with Crippen molar-refractivity contribution < 1.29 is 12.8 Å². The Hall–Kier alpha value is -0.810. The molecule has 0 fully saturated rings. The molecular formula is C10H13ClFNO2S. The van der Waals surface area contributed by atoms with Crippen LogP contribution in [0.15, 0.2) is 18.2 Å². The van der Waals surface area contributed by atoms with Gasteiger partial charge in [0.05, 0.1) is 10.8 Å². The molecule has 0 atom stereocenters. The lowest BCUT2D eigenvalue weighted by Crippen LogP contribution is -2.17. The molecule has 0 bridgehead atoms. The number of nitrogens with one attached hydrogen (secondary N) is 1. The molecule has 1 aromatic rings. The summed E-state index contributed by atoms with van der Waals surface area (Å²) in [4.78, 5) is 0. The highest BCUT2D eigenvalue weighted by Gasteiger charge is 2.06. The Balaban J connectivity index is 2.53. The van der Waals surface area contributed by atoms with Crippen molar-refractivity contribution in [2.45, 2.75) is 6.92 Å². The van der Waals surface area contributed by atoms with Crippen molar-refractivity contribution in [1.29, 1.82) is 0 Å². The van der Waals surface area contributed by atoms with E-state index in [2.05, 4.69) is 5.32 Å². The molecule has 0 aliphatic carbocycles. The van der Waals surface area contributed by atoms with E-state index in [1.165, 1.54) is 12.1 Å². The van der Waals surface area contributed by atoms with Gasteiger partial charge in [0.2, 0.25) is 0 Å². The predicted octanol–water partition coefficient (Wildman–Crippen LogP) is 2.33. The molecule has 0 spiro atoms. The van der Waals surface area contributed by atoms with Crippen molar-refractivity contribution in [3.05, 3.63) is 29.0 Å². The first kappa shape index (κ1) is 13.3. The summed E-state index contributed by atoms with van der Waals surface area (Å²) < 4.78 is 35.4. The second-order valence-electron chi connectivity index (χ2n) is 3.29. The number of hydrogen-bond acceptors (Lipinski definition) is 3. The summed E-state index contributed by atoms with van der Waals surface area (Å²) in [6.07, 6.45) is 0. The molecule has 1 N–H and O–H groups in total. The maximum absolute atomic E-state index is 13.0. The lowest BCUT2D eigenvalue weighted by atomic mass is 10.3. The Kier molecular flexibility index (Phi) is 4.56. The Morgan fingerprint density at radius 3 is 2.69 bits per heavy atom. The fourth-order valence-corrected chi connectivity index (χ4v) is 1.92. The maximum atomic E-state index is 13.0. The molecular weight excluding hydrogens is 253 g/mol. The number of hydrogen-bond donors (Lipinski definition) is 1. The fraction of sp³-hybridized carbons (Fsp3) is 0.400. The molecule has 0 amide bonds. The number of halogens is 2. The van der Waals surface area contributed by atoms with Crippen LogP contribution < -0.4 is 5.32 Å². The lowest BCUT2D eigenvalue weighted by molar-refractivity contribution is 0.597. The number of rotatable bonds is 5. The minimum absolute atomic E-state index is 0.0355. The summed E-state index contributed by atoms with van der Waals surface area (Å²) in [6, 6.07) is 4.26. The summed E-state index contributed by atoms with van der Waals surface area (Å²) in [6.45, 7) is 1.86. The van der Waals surface area contributed by atoms with E-state index < -0.39 is 15.7 Å². The van der Waals surface area contributed by atoms with Crippen LogP contribution in [-0.2, 0) is 9.84 Å². The quantitative estimate of drug-likeness (QED) is 0.889. The van der Waals surface area contributed by atoms with E-state index in [9.17, 15) is 12.8 Å². The van der Waals surface area contributed by atoms with E-state index in [1.54, 1.807) is 13.0 Å². The summed E-state index contributed by atoms with van der Waals surface area (Å²) in [7, 11) is -2.99. The average Bonchev–Trinajstić information content (AvgIpc) is 2.23. The molecule has 0 aromatic heterocycles. The van der Waals surface area contributed by atoms with Crippen molar-refractivity contribution in [3.63, 3.8) is 0 Å². The molecule has 0 heterocycles. The minimum Gasteiger partial charge on any atom is -0.384 e. The van der Waals surface area contributed by atoms with Crippen LogP contribution in [0, 0.1) is 5.82 Å². The molecule has 0 aliphatic heterocycles. The fourth-order valence-electron chi connectivity index (χ4n) is 1.10. The first-order valence-electron chi connectivity index (χ1n) is 4.84. The van der Waals surface area contributed by atoms with E-state index in [0.29, 0.717) is 5.69 Å². The largest absolute Gasteiger partial charge is 0.384 e. The molecule has 0 aliphatic rings. The van der Waals surface area contributed by atoms with Crippen LogP contribution in [0.5, 0.6) is 0 Å². The van der Waals surface area contributed by atoms with Crippen LogP contribution in [-0.4, -0.2) is 26.5 Å². The van der Waals surface area contributed by atoms with Gasteiger partial charge in [-0.15, -0.1) is 0 Å². The van der Waals surface area contributed by atoms with Gasteiger partial charge in [-0.1, -0.05) is 18.5 Å². The van der Waals surface area contributed by atoms with Gasteiger partial charge in [-0.2, -0.15) is 0 Å². The highest BCUT2D eigenvalue weighted by Crippen LogP contribution is 2.18. The van der Waals surface area contributed by atoms with Gasteiger partial charge in [0.15, 0.2) is 9.84 Å². The number of anilines is 1. The van der Waals surface area contributed by atoms with E-state index in [-0.39, 0.29) is 23.1 Å². The van der Waals surface area contributed by atoms with Crippen LogP contribution >= 0.6 is 11.6 Å². The highest BCUT2D eigenvalue weighted by atomic mass is 35.5. The molecule has 0 saturated heterocycles. The molecule has 16 heavy (non-hydrogen) atoms. The van der Waals surface area contributed by atoms with Crippen molar-refractivity contribution in [1.82, 2.24) is 0 Å². The molecule has 3 nitrogen and oxygen atoms in total.